The van der Waals surface area contributed by atoms with E-state index < -0.39 is 0 Å². The summed E-state index contributed by atoms with van der Waals surface area (Å²) in [5.74, 6) is 0. The second-order valence-corrected chi connectivity index (χ2v) is 5.83. The molecule has 0 bridgehead atoms. The zero-order chi connectivity index (χ0) is 12.4. The van der Waals surface area contributed by atoms with Gasteiger partial charge in [-0.15, -0.1) is 0 Å². The molecule has 0 radical (unpaired) electrons. The van der Waals surface area contributed by atoms with E-state index in [2.05, 4.69) is 36.3 Å². The summed E-state index contributed by atoms with van der Waals surface area (Å²) in [6.07, 6.45) is 7.32. The highest BCUT2D eigenvalue weighted by Gasteiger charge is 2.37. The highest BCUT2D eigenvalue weighted by Crippen LogP contribution is 2.39. The monoisotopic (exact) mass is 231 g/mol. The lowest BCUT2D eigenvalue weighted by Gasteiger charge is -2.36. The van der Waals surface area contributed by atoms with Gasteiger partial charge in [-0.05, 0) is 24.5 Å². The van der Waals surface area contributed by atoms with E-state index in [0.29, 0.717) is 0 Å². The van der Waals surface area contributed by atoms with Crippen LogP contribution in [0.25, 0.3) is 0 Å². The first-order chi connectivity index (χ1) is 8.08. The van der Waals surface area contributed by atoms with Gasteiger partial charge in [-0.3, -0.25) is 0 Å². The van der Waals surface area contributed by atoms with Crippen LogP contribution in [0.4, 0.5) is 0 Å². The highest BCUT2D eigenvalue weighted by atomic mass is 14.9. The van der Waals surface area contributed by atoms with Gasteiger partial charge in [0.2, 0.25) is 0 Å². The molecule has 2 N–H and O–H groups in total. The first kappa shape index (κ1) is 12.2. The Bertz CT molecular complexity index is 394. The average molecular weight is 231 g/mol. The third kappa shape index (κ3) is 2.53. The number of nitriles is 1. The molecule has 0 aliphatic heterocycles. The standard InChI is InChI=1S/C14H21N3/c1-13(2,12-4-7-16-8-12)10-17-11-14(9-15)5-3-6-14/h4,7-8,16-17H,3,5-6,10-11H2,1-2H3. The zero-order valence-electron chi connectivity index (χ0n) is 10.7. The van der Waals surface area contributed by atoms with E-state index in [0.717, 1.165) is 25.9 Å². The minimum Gasteiger partial charge on any atom is -0.367 e. The predicted octanol–water partition coefficient (Wildman–Crippen LogP) is 2.58. The van der Waals surface area contributed by atoms with Crippen LogP contribution in [0.1, 0.15) is 38.7 Å². The van der Waals surface area contributed by atoms with E-state index in [-0.39, 0.29) is 10.8 Å². The summed E-state index contributed by atoms with van der Waals surface area (Å²) in [7, 11) is 0. The van der Waals surface area contributed by atoms with Crippen LogP contribution in [0.5, 0.6) is 0 Å². The van der Waals surface area contributed by atoms with E-state index in [1.165, 1.54) is 12.0 Å². The predicted molar refractivity (Wildman–Crippen MR) is 68.6 cm³/mol. The van der Waals surface area contributed by atoms with Crippen LogP contribution in [0.2, 0.25) is 0 Å². The molecule has 0 unspecified atom stereocenters. The summed E-state index contributed by atoms with van der Waals surface area (Å²) in [4.78, 5) is 3.10. The van der Waals surface area contributed by atoms with Gasteiger partial charge in [0, 0.05) is 30.9 Å². The van der Waals surface area contributed by atoms with Crippen molar-refractivity contribution >= 4 is 0 Å². The number of aromatic amines is 1. The molecular formula is C14H21N3. The minimum atomic E-state index is -0.0752. The maximum Gasteiger partial charge on any atom is 0.0703 e. The Kier molecular flexibility index (Phi) is 3.26. The van der Waals surface area contributed by atoms with Crippen molar-refractivity contribution < 1.29 is 0 Å². The number of rotatable bonds is 5. The summed E-state index contributed by atoms with van der Waals surface area (Å²) >= 11 is 0. The topological polar surface area (TPSA) is 51.6 Å². The van der Waals surface area contributed by atoms with Crippen LogP contribution in [0.3, 0.4) is 0 Å². The number of nitrogens with one attached hydrogen (secondary N) is 2. The number of hydrogen-bond acceptors (Lipinski definition) is 2. The molecule has 3 nitrogen and oxygen atoms in total. The molecule has 3 heteroatoms. The smallest absolute Gasteiger partial charge is 0.0703 e. The number of H-pyrrole nitrogens is 1. The van der Waals surface area contributed by atoms with Gasteiger partial charge in [0.05, 0.1) is 11.5 Å². The fourth-order valence-electron chi connectivity index (χ4n) is 2.39. The molecular weight excluding hydrogens is 210 g/mol. The van der Waals surface area contributed by atoms with Gasteiger partial charge in [0.15, 0.2) is 0 Å². The number of aromatic nitrogens is 1. The first-order valence-corrected chi connectivity index (χ1v) is 6.33. The van der Waals surface area contributed by atoms with E-state index >= 15 is 0 Å². The molecule has 1 heterocycles. The Morgan fingerprint density at radius 3 is 2.76 bits per heavy atom. The molecule has 0 amide bonds. The van der Waals surface area contributed by atoms with Gasteiger partial charge >= 0.3 is 0 Å². The molecule has 1 aromatic rings. The van der Waals surface area contributed by atoms with E-state index in [4.69, 9.17) is 5.26 Å². The maximum atomic E-state index is 9.15. The van der Waals surface area contributed by atoms with Crippen molar-refractivity contribution in [1.82, 2.24) is 10.3 Å². The summed E-state index contributed by atoms with van der Waals surface area (Å²) in [6.45, 7) is 6.19. The molecule has 2 rings (SSSR count). The Balaban J connectivity index is 1.84. The van der Waals surface area contributed by atoms with Crippen molar-refractivity contribution in [2.24, 2.45) is 5.41 Å². The fourth-order valence-corrected chi connectivity index (χ4v) is 2.39. The summed E-state index contributed by atoms with van der Waals surface area (Å²) < 4.78 is 0. The van der Waals surface area contributed by atoms with Crippen molar-refractivity contribution in [3.05, 3.63) is 24.0 Å². The molecule has 17 heavy (non-hydrogen) atoms. The lowest BCUT2D eigenvalue weighted by molar-refractivity contribution is 0.203. The fraction of sp³-hybridized carbons (Fsp3) is 0.643. The van der Waals surface area contributed by atoms with Gasteiger partial charge in [-0.25, -0.2) is 0 Å². The largest absolute Gasteiger partial charge is 0.367 e. The Morgan fingerprint density at radius 2 is 2.29 bits per heavy atom. The maximum absolute atomic E-state index is 9.15. The molecule has 1 saturated carbocycles. The van der Waals surface area contributed by atoms with E-state index in [1.54, 1.807) is 0 Å². The minimum absolute atomic E-state index is 0.0752. The van der Waals surface area contributed by atoms with Crippen molar-refractivity contribution in [1.29, 1.82) is 5.26 Å². The molecule has 0 aromatic carbocycles. The third-order valence-corrected chi connectivity index (χ3v) is 3.96. The van der Waals surface area contributed by atoms with Gasteiger partial charge in [0.25, 0.3) is 0 Å². The molecule has 1 aromatic heterocycles. The zero-order valence-corrected chi connectivity index (χ0v) is 10.7. The second kappa shape index (κ2) is 4.54. The van der Waals surface area contributed by atoms with Crippen molar-refractivity contribution in [2.45, 2.75) is 38.5 Å². The van der Waals surface area contributed by atoms with Crippen LogP contribution >= 0.6 is 0 Å². The normalized spacial score (nSPS) is 18.4. The number of nitrogens with zero attached hydrogens (tertiary/aromatic N) is 1. The van der Waals surface area contributed by atoms with Crippen LogP contribution in [0.15, 0.2) is 18.5 Å². The lowest BCUT2D eigenvalue weighted by atomic mass is 9.70. The Hall–Kier alpha value is -1.27. The third-order valence-electron chi connectivity index (χ3n) is 3.96. The van der Waals surface area contributed by atoms with Gasteiger partial charge in [-0.1, -0.05) is 20.3 Å². The van der Waals surface area contributed by atoms with Gasteiger partial charge in [0.1, 0.15) is 0 Å². The summed E-state index contributed by atoms with van der Waals surface area (Å²) in [6, 6.07) is 4.58. The van der Waals surface area contributed by atoms with Crippen LogP contribution in [-0.4, -0.2) is 18.1 Å². The molecule has 92 valence electrons. The van der Waals surface area contributed by atoms with Crippen LogP contribution in [0, 0.1) is 16.7 Å². The molecule has 1 aliphatic rings. The lowest BCUT2D eigenvalue weighted by Crippen LogP contribution is -2.42. The van der Waals surface area contributed by atoms with Crippen molar-refractivity contribution in [3.8, 4) is 6.07 Å². The summed E-state index contributed by atoms with van der Waals surface area (Å²) in [5, 5.41) is 12.6. The first-order valence-electron chi connectivity index (χ1n) is 6.33. The average Bonchev–Trinajstić information content (AvgIpc) is 2.76. The van der Waals surface area contributed by atoms with E-state index in [1.807, 2.05) is 12.4 Å². The molecule has 0 spiro atoms. The quantitative estimate of drug-likeness (QED) is 0.818. The van der Waals surface area contributed by atoms with Crippen LogP contribution in [-0.2, 0) is 5.41 Å². The van der Waals surface area contributed by atoms with Gasteiger partial charge in [-0.2, -0.15) is 5.26 Å². The SMILES string of the molecule is CC(C)(CNCC1(C#N)CCC1)c1cc[nH]c1. The van der Waals surface area contributed by atoms with Crippen molar-refractivity contribution in [2.75, 3.05) is 13.1 Å². The Labute approximate surface area is 103 Å². The van der Waals surface area contributed by atoms with Gasteiger partial charge < -0.3 is 10.3 Å². The van der Waals surface area contributed by atoms with Crippen molar-refractivity contribution in [3.63, 3.8) is 0 Å². The molecule has 1 fully saturated rings. The molecule has 0 atom stereocenters. The summed E-state index contributed by atoms with van der Waals surface area (Å²) in [5.41, 5.74) is 1.35. The second-order valence-electron chi connectivity index (χ2n) is 5.83. The van der Waals surface area contributed by atoms with Crippen LogP contribution < -0.4 is 5.32 Å². The number of hydrogen-bond donors (Lipinski definition) is 2. The molecule has 1 aliphatic carbocycles. The Morgan fingerprint density at radius 1 is 1.53 bits per heavy atom. The molecule has 0 saturated heterocycles. The van der Waals surface area contributed by atoms with E-state index in [9.17, 15) is 0 Å². The highest BCUT2D eigenvalue weighted by molar-refractivity contribution is 5.20.